The second-order valence-electron chi connectivity index (χ2n) is 11.2. The standard InChI is InChI=1S/C27H36N4O6S2/c28-39(34,35)21-3-7-30(8-4-21)27(33)23-12-20-14-31(15-24(20)38-23)26(32)19-11-22(18-1-2-18)29-25(13-19)37-16-17-5-9-36-10-6-17/h11-13,17-18,21,27,33H,1-10,14-16H2,(H2,28,34,35). The first kappa shape index (κ1) is 27.1. The number of aromatic nitrogens is 1. The van der Waals surface area contributed by atoms with E-state index in [-0.39, 0.29) is 5.91 Å². The Morgan fingerprint density at radius 3 is 2.54 bits per heavy atom. The van der Waals surface area contributed by atoms with Crippen molar-refractivity contribution >= 4 is 27.3 Å². The fourth-order valence-corrected chi connectivity index (χ4v) is 7.79. The van der Waals surface area contributed by atoms with Gasteiger partial charge in [0.05, 0.1) is 18.4 Å². The van der Waals surface area contributed by atoms with E-state index >= 15 is 0 Å². The van der Waals surface area contributed by atoms with Gasteiger partial charge in [-0.2, -0.15) is 0 Å². The first-order valence-electron chi connectivity index (χ1n) is 13.8. The lowest BCUT2D eigenvalue weighted by Crippen LogP contribution is -2.42. The van der Waals surface area contributed by atoms with E-state index in [1.807, 2.05) is 21.9 Å². The summed E-state index contributed by atoms with van der Waals surface area (Å²) in [6.45, 7) is 4.05. The Labute approximate surface area is 233 Å². The molecule has 4 aliphatic rings. The molecule has 3 N–H and O–H groups in total. The third-order valence-electron chi connectivity index (χ3n) is 8.31. The lowest BCUT2D eigenvalue weighted by molar-refractivity contribution is -0.00669. The van der Waals surface area contributed by atoms with Crippen LogP contribution >= 0.6 is 11.3 Å². The number of likely N-dealkylation sites (tertiary alicyclic amines) is 1. The summed E-state index contributed by atoms with van der Waals surface area (Å²) in [5.41, 5.74) is 2.60. The summed E-state index contributed by atoms with van der Waals surface area (Å²) >= 11 is 1.52. The zero-order valence-corrected chi connectivity index (χ0v) is 23.6. The molecular weight excluding hydrogens is 540 g/mol. The number of carbonyl (C=O) groups excluding carboxylic acids is 1. The van der Waals surface area contributed by atoms with Crippen LogP contribution in [0.15, 0.2) is 18.2 Å². The van der Waals surface area contributed by atoms with Crippen molar-refractivity contribution in [1.29, 1.82) is 0 Å². The number of thiophene rings is 1. The van der Waals surface area contributed by atoms with Gasteiger partial charge in [0.15, 0.2) is 0 Å². The van der Waals surface area contributed by atoms with Crippen LogP contribution in [0.4, 0.5) is 0 Å². The maximum Gasteiger partial charge on any atom is 0.254 e. The largest absolute Gasteiger partial charge is 0.477 e. The van der Waals surface area contributed by atoms with Gasteiger partial charge in [-0.3, -0.25) is 9.69 Å². The molecule has 1 amide bonds. The first-order valence-corrected chi connectivity index (χ1v) is 16.2. The molecule has 2 aromatic rings. The van der Waals surface area contributed by atoms with E-state index in [1.165, 1.54) is 11.3 Å². The van der Waals surface area contributed by atoms with Crippen LogP contribution in [-0.4, -0.2) is 72.4 Å². The van der Waals surface area contributed by atoms with Crippen LogP contribution in [0.3, 0.4) is 0 Å². The highest BCUT2D eigenvalue weighted by Gasteiger charge is 2.34. The zero-order chi connectivity index (χ0) is 27.1. The predicted molar refractivity (Wildman–Crippen MR) is 146 cm³/mol. The number of rotatable bonds is 8. The summed E-state index contributed by atoms with van der Waals surface area (Å²) in [5.74, 6) is 1.34. The molecule has 0 bridgehead atoms. The van der Waals surface area contributed by atoms with Gasteiger partial charge in [-0.25, -0.2) is 18.5 Å². The molecule has 5 heterocycles. The number of ether oxygens (including phenoxy) is 2. The van der Waals surface area contributed by atoms with Crippen LogP contribution < -0.4 is 9.88 Å². The van der Waals surface area contributed by atoms with Crippen molar-refractivity contribution in [3.8, 4) is 5.88 Å². The third-order valence-corrected chi connectivity index (χ3v) is 10.9. The second-order valence-corrected chi connectivity index (χ2v) is 14.2. The molecule has 1 saturated carbocycles. The Balaban J connectivity index is 1.09. The number of nitrogens with two attached hydrogens (primary N) is 1. The number of fused-ring (bicyclic) bond motifs is 1. The summed E-state index contributed by atoms with van der Waals surface area (Å²) < 4.78 is 34.8. The van der Waals surface area contributed by atoms with Gasteiger partial charge < -0.3 is 19.5 Å². The Morgan fingerprint density at radius 1 is 1.13 bits per heavy atom. The van der Waals surface area contributed by atoms with Crippen LogP contribution in [0.25, 0.3) is 0 Å². The number of carbonyl (C=O) groups is 1. The van der Waals surface area contributed by atoms with Crippen LogP contribution in [0, 0.1) is 5.92 Å². The second kappa shape index (κ2) is 11.1. The van der Waals surface area contributed by atoms with Crippen LogP contribution in [0.1, 0.15) is 82.0 Å². The van der Waals surface area contributed by atoms with Crippen LogP contribution in [0.5, 0.6) is 5.88 Å². The summed E-state index contributed by atoms with van der Waals surface area (Å²) in [6, 6.07) is 5.68. The SMILES string of the molecule is NS(=O)(=O)C1CCN(C(O)c2cc3c(s2)CN(C(=O)c2cc(OCC4CCOCC4)nc(C4CC4)c2)C3)CC1. The number of aliphatic hydroxyl groups excluding tert-OH is 1. The molecule has 39 heavy (non-hydrogen) atoms. The van der Waals surface area contributed by atoms with E-state index in [1.54, 1.807) is 6.07 Å². The van der Waals surface area contributed by atoms with Crippen molar-refractivity contribution in [2.45, 2.75) is 69.0 Å². The summed E-state index contributed by atoms with van der Waals surface area (Å²) in [5, 5.41) is 15.7. The summed E-state index contributed by atoms with van der Waals surface area (Å²) in [4.78, 5) is 23.9. The fraction of sp³-hybridized carbons (Fsp3) is 0.630. The van der Waals surface area contributed by atoms with Gasteiger partial charge in [0, 0.05) is 65.8 Å². The van der Waals surface area contributed by atoms with Gasteiger partial charge >= 0.3 is 0 Å². The smallest absolute Gasteiger partial charge is 0.254 e. The monoisotopic (exact) mass is 576 g/mol. The molecule has 1 unspecified atom stereocenters. The fourth-order valence-electron chi connectivity index (χ4n) is 5.70. The minimum atomic E-state index is -3.55. The molecule has 12 heteroatoms. The molecule has 3 fully saturated rings. The van der Waals surface area contributed by atoms with Crippen molar-refractivity contribution in [2.75, 3.05) is 32.9 Å². The first-order chi connectivity index (χ1) is 18.7. The third kappa shape index (κ3) is 6.15. The molecule has 2 aromatic heterocycles. The lowest BCUT2D eigenvalue weighted by atomic mass is 10.0. The summed E-state index contributed by atoms with van der Waals surface area (Å²) in [7, 11) is -3.55. The number of amides is 1. The molecule has 1 atom stereocenters. The number of hydrogen-bond donors (Lipinski definition) is 2. The Hall–Kier alpha value is -2.09. The Kier molecular flexibility index (Phi) is 7.68. The predicted octanol–water partition coefficient (Wildman–Crippen LogP) is 2.73. The zero-order valence-electron chi connectivity index (χ0n) is 22.0. The molecular formula is C27H36N4O6S2. The molecule has 0 radical (unpaired) electrons. The lowest BCUT2D eigenvalue weighted by Gasteiger charge is -2.33. The number of pyridine rings is 1. The molecule has 10 nitrogen and oxygen atoms in total. The highest BCUT2D eigenvalue weighted by atomic mass is 32.2. The van der Waals surface area contributed by atoms with Gasteiger partial charge in [0.25, 0.3) is 5.91 Å². The number of piperidine rings is 1. The van der Waals surface area contributed by atoms with E-state index in [0.717, 1.165) is 59.9 Å². The van der Waals surface area contributed by atoms with Gasteiger partial charge in [0.1, 0.15) is 6.23 Å². The van der Waals surface area contributed by atoms with E-state index in [4.69, 9.17) is 19.6 Å². The van der Waals surface area contributed by atoms with E-state index in [9.17, 15) is 18.3 Å². The van der Waals surface area contributed by atoms with E-state index in [2.05, 4.69) is 0 Å². The minimum Gasteiger partial charge on any atom is -0.477 e. The number of aliphatic hydroxyl groups is 1. The number of sulfonamides is 1. The quantitative estimate of drug-likeness (QED) is 0.490. The maximum absolute atomic E-state index is 13.6. The van der Waals surface area contributed by atoms with Crippen LogP contribution in [-0.2, 0) is 27.8 Å². The molecule has 212 valence electrons. The molecule has 1 aliphatic carbocycles. The number of hydrogen-bond acceptors (Lipinski definition) is 9. The molecule has 2 saturated heterocycles. The molecule has 6 rings (SSSR count). The van der Waals surface area contributed by atoms with Crippen molar-refractivity contribution in [3.63, 3.8) is 0 Å². The highest BCUT2D eigenvalue weighted by molar-refractivity contribution is 7.89. The van der Waals surface area contributed by atoms with Gasteiger partial charge in [-0.15, -0.1) is 11.3 Å². The minimum absolute atomic E-state index is 0.0363. The Bertz CT molecular complexity index is 1290. The average Bonchev–Trinajstić information content (AvgIpc) is 3.61. The van der Waals surface area contributed by atoms with Gasteiger partial charge in [0.2, 0.25) is 15.9 Å². The summed E-state index contributed by atoms with van der Waals surface area (Å²) in [6.07, 6.45) is 4.19. The molecule has 0 aromatic carbocycles. The Morgan fingerprint density at radius 2 is 1.87 bits per heavy atom. The van der Waals surface area contributed by atoms with Crippen molar-refractivity contribution < 1.29 is 27.8 Å². The average molecular weight is 577 g/mol. The number of nitrogens with zero attached hydrogens (tertiary/aromatic N) is 3. The normalized spacial score (nSPS) is 22.2. The van der Waals surface area contributed by atoms with Gasteiger partial charge in [-0.05, 0) is 62.1 Å². The van der Waals surface area contributed by atoms with Crippen molar-refractivity contribution in [1.82, 2.24) is 14.8 Å². The topological polar surface area (TPSA) is 135 Å². The van der Waals surface area contributed by atoms with Crippen molar-refractivity contribution in [3.05, 3.63) is 44.8 Å². The molecule has 0 spiro atoms. The van der Waals surface area contributed by atoms with E-state index < -0.39 is 21.5 Å². The van der Waals surface area contributed by atoms with E-state index in [0.29, 0.717) is 68.9 Å². The van der Waals surface area contributed by atoms with Crippen molar-refractivity contribution in [2.24, 2.45) is 11.1 Å². The van der Waals surface area contributed by atoms with Crippen LogP contribution in [0.2, 0.25) is 0 Å². The molecule has 3 aliphatic heterocycles. The maximum atomic E-state index is 13.6. The number of primary sulfonamides is 1. The highest BCUT2D eigenvalue weighted by Crippen LogP contribution is 2.41. The van der Waals surface area contributed by atoms with Gasteiger partial charge in [-0.1, -0.05) is 0 Å².